The quantitative estimate of drug-likeness (QED) is 0.405. The lowest BCUT2D eigenvalue weighted by Crippen LogP contribution is -2.58. The summed E-state index contributed by atoms with van der Waals surface area (Å²) in [4.78, 5) is 64.7. The topological polar surface area (TPSA) is 176 Å². The number of piperidine rings is 1. The maximum Gasteiger partial charge on any atom is 0.416 e. The highest BCUT2D eigenvalue weighted by Crippen LogP contribution is 2.39. The predicted molar refractivity (Wildman–Crippen MR) is 176 cm³/mol. The molecule has 1 spiro atoms. The molecule has 16 heteroatoms. The molecular weight excluding hydrogens is 653 g/mol. The number of nitrogens with zero attached hydrogens (tertiary/aromatic N) is 5. The molecule has 1 aromatic carbocycles. The molecule has 268 valence electrons. The summed E-state index contributed by atoms with van der Waals surface area (Å²) >= 11 is 0. The van der Waals surface area contributed by atoms with Crippen molar-refractivity contribution in [2.24, 2.45) is 5.92 Å². The van der Waals surface area contributed by atoms with Crippen molar-refractivity contribution in [1.29, 1.82) is 0 Å². The van der Waals surface area contributed by atoms with Crippen molar-refractivity contribution in [3.8, 4) is 5.88 Å². The van der Waals surface area contributed by atoms with Gasteiger partial charge in [0.1, 0.15) is 22.6 Å². The summed E-state index contributed by atoms with van der Waals surface area (Å²) in [6, 6.07) is 3.09. The van der Waals surface area contributed by atoms with Crippen LogP contribution >= 0.6 is 0 Å². The molecule has 1 aliphatic carbocycles. The summed E-state index contributed by atoms with van der Waals surface area (Å²) in [5.41, 5.74) is -1.22. The maximum absolute atomic E-state index is 15.4. The standard InChI is InChI=1S/C34H42FN7O8/c1-32(2,3)49-31(47)42-8-4-5-34(42,19-43)29(45)37-22-13-21-11-20(12-23(21)24(35)14-22)16-40-9-6-33(7-10-40)18-41(30(46)50-33)25-15-36-28-27(38-25)39-26(44)17-48-28/h13-15,20,43H,4-12,16-19H2,1-3H3,(H,37,45)(H,38,39,44)/t20?,34-/m1/s1. The van der Waals surface area contributed by atoms with Gasteiger partial charge in [-0.3, -0.25) is 19.4 Å². The molecule has 0 saturated carbocycles. The van der Waals surface area contributed by atoms with E-state index in [1.54, 1.807) is 26.8 Å². The molecule has 0 radical (unpaired) electrons. The average molecular weight is 696 g/mol. The van der Waals surface area contributed by atoms with Crippen LogP contribution in [-0.4, -0.2) is 112 Å². The number of aromatic nitrogens is 2. The Hall–Kier alpha value is -4.57. The number of anilines is 3. The van der Waals surface area contributed by atoms with Gasteiger partial charge in [0.05, 0.1) is 19.3 Å². The normalized spacial score (nSPS) is 24.4. The molecule has 4 aliphatic heterocycles. The Labute approximate surface area is 288 Å². The number of fused-ring (bicyclic) bond motifs is 2. The summed E-state index contributed by atoms with van der Waals surface area (Å²) < 4.78 is 32.1. The number of halogens is 1. The fraction of sp³-hybridized carbons (Fsp3) is 0.588. The van der Waals surface area contributed by atoms with E-state index in [9.17, 15) is 24.3 Å². The average Bonchev–Trinajstić information content (AvgIpc) is 3.77. The summed E-state index contributed by atoms with van der Waals surface area (Å²) in [5.74, 6) is -0.531. The molecule has 5 heterocycles. The van der Waals surface area contributed by atoms with Gasteiger partial charge in [0.25, 0.3) is 17.7 Å². The Balaban J connectivity index is 0.949. The zero-order chi connectivity index (χ0) is 35.4. The van der Waals surface area contributed by atoms with Crippen LogP contribution < -0.4 is 20.3 Å². The number of carbonyl (C=O) groups is 4. The van der Waals surface area contributed by atoms with Crippen molar-refractivity contribution in [3.05, 3.63) is 35.3 Å². The van der Waals surface area contributed by atoms with E-state index >= 15 is 4.39 Å². The van der Waals surface area contributed by atoms with Gasteiger partial charge in [0, 0.05) is 44.7 Å². The van der Waals surface area contributed by atoms with Crippen LogP contribution in [-0.2, 0) is 31.9 Å². The minimum Gasteiger partial charge on any atom is -0.465 e. The smallest absolute Gasteiger partial charge is 0.416 e. The maximum atomic E-state index is 15.4. The number of benzene rings is 1. The third kappa shape index (κ3) is 6.41. The predicted octanol–water partition coefficient (Wildman–Crippen LogP) is 2.85. The third-order valence-electron chi connectivity index (χ3n) is 10.2. The Morgan fingerprint density at radius 3 is 2.68 bits per heavy atom. The van der Waals surface area contributed by atoms with E-state index in [0.717, 1.165) is 12.1 Å². The second-order valence-electron chi connectivity index (χ2n) is 14.9. The van der Waals surface area contributed by atoms with Gasteiger partial charge in [-0.15, -0.1) is 0 Å². The minimum atomic E-state index is -1.50. The molecule has 50 heavy (non-hydrogen) atoms. The summed E-state index contributed by atoms with van der Waals surface area (Å²) in [7, 11) is 0. The van der Waals surface area contributed by atoms with Crippen LogP contribution in [0.4, 0.5) is 31.3 Å². The van der Waals surface area contributed by atoms with Gasteiger partial charge in [-0.1, -0.05) is 0 Å². The first-order valence-corrected chi connectivity index (χ1v) is 17.0. The number of carbonyl (C=O) groups excluding carboxylic acids is 4. The lowest BCUT2D eigenvalue weighted by atomic mass is 9.90. The van der Waals surface area contributed by atoms with Crippen molar-refractivity contribution in [2.45, 2.75) is 76.0 Å². The molecule has 3 N–H and O–H groups in total. The second-order valence-corrected chi connectivity index (χ2v) is 14.9. The van der Waals surface area contributed by atoms with E-state index in [-0.39, 0.29) is 54.6 Å². The molecule has 0 bridgehead atoms. The molecule has 15 nitrogen and oxygen atoms in total. The number of likely N-dealkylation sites (tertiary alicyclic amines) is 2. The second kappa shape index (κ2) is 12.6. The third-order valence-corrected chi connectivity index (χ3v) is 10.2. The zero-order valence-electron chi connectivity index (χ0n) is 28.4. The van der Waals surface area contributed by atoms with Crippen molar-refractivity contribution in [2.75, 3.05) is 61.5 Å². The molecule has 2 atom stereocenters. The molecule has 3 fully saturated rings. The molecule has 7 rings (SSSR count). The van der Waals surface area contributed by atoms with Gasteiger partial charge < -0.3 is 34.9 Å². The number of hydrogen-bond acceptors (Lipinski definition) is 11. The Bertz CT molecular complexity index is 1730. The fourth-order valence-corrected chi connectivity index (χ4v) is 7.71. The van der Waals surface area contributed by atoms with Gasteiger partial charge >= 0.3 is 12.2 Å². The van der Waals surface area contributed by atoms with E-state index in [1.807, 2.05) is 0 Å². The van der Waals surface area contributed by atoms with E-state index in [2.05, 4.69) is 25.5 Å². The first kappa shape index (κ1) is 33.9. The van der Waals surface area contributed by atoms with Gasteiger partial charge in [-0.25, -0.2) is 23.9 Å². The van der Waals surface area contributed by atoms with E-state index in [0.29, 0.717) is 57.3 Å². The van der Waals surface area contributed by atoms with Crippen molar-refractivity contribution in [3.63, 3.8) is 0 Å². The largest absolute Gasteiger partial charge is 0.465 e. The fourth-order valence-electron chi connectivity index (χ4n) is 7.71. The van der Waals surface area contributed by atoms with E-state index < -0.39 is 47.3 Å². The van der Waals surface area contributed by atoms with Crippen LogP contribution in [0.15, 0.2) is 18.3 Å². The first-order valence-electron chi connectivity index (χ1n) is 17.0. The van der Waals surface area contributed by atoms with Crippen molar-refractivity contribution < 1.29 is 42.9 Å². The Kier molecular flexibility index (Phi) is 8.57. The number of rotatable bonds is 6. The Morgan fingerprint density at radius 2 is 1.94 bits per heavy atom. The van der Waals surface area contributed by atoms with E-state index in [4.69, 9.17) is 14.2 Å². The monoisotopic (exact) mass is 695 g/mol. The number of amides is 4. The van der Waals surface area contributed by atoms with Gasteiger partial charge in [-0.2, -0.15) is 0 Å². The van der Waals surface area contributed by atoms with Crippen LogP contribution in [0.2, 0.25) is 0 Å². The summed E-state index contributed by atoms with van der Waals surface area (Å²) in [6.07, 6.45) is 3.44. The van der Waals surface area contributed by atoms with E-state index in [1.165, 1.54) is 22.1 Å². The highest BCUT2D eigenvalue weighted by Gasteiger charge is 2.51. The van der Waals surface area contributed by atoms with Crippen LogP contribution in [0, 0.1) is 11.7 Å². The molecule has 1 unspecified atom stereocenters. The van der Waals surface area contributed by atoms with Crippen LogP contribution in [0.3, 0.4) is 0 Å². The number of aliphatic hydroxyl groups excluding tert-OH is 1. The van der Waals surface area contributed by atoms with Crippen molar-refractivity contribution >= 4 is 41.3 Å². The zero-order valence-corrected chi connectivity index (χ0v) is 28.4. The summed E-state index contributed by atoms with van der Waals surface area (Å²) in [5, 5.41) is 15.7. The van der Waals surface area contributed by atoms with Gasteiger partial charge in [-0.05, 0) is 75.6 Å². The van der Waals surface area contributed by atoms with Crippen molar-refractivity contribution in [1.82, 2.24) is 19.8 Å². The molecular formula is C34H42FN7O8. The van der Waals surface area contributed by atoms with Gasteiger partial charge in [0.2, 0.25) is 0 Å². The van der Waals surface area contributed by atoms with Crippen LogP contribution in [0.1, 0.15) is 57.6 Å². The highest BCUT2D eigenvalue weighted by atomic mass is 19.1. The molecule has 4 amide bonds. The molecule has 3 saturated heterocycles. The number of hydrogen-bond donors (Lipinski definition) is 3. The molecule has 1 aromatic heterocycles. The molecule has 5 aliphatic rings. The minimum absolute atomic E-state index is 0.142. The van der Waals surface area contributed by atoms with Crippen LogP contribution in [0.25, 0.3) is 0 Å². The number of aliphatic hydroxyl groups is 1. The number of nitrogens with one attached hydrogen (secondary N) is 2. The van der Waals surface area contributed by atoms with Gasteiger partial charge in [0.15, 0.2) is 18.2 Å². The highest BCUT2D eigenvalue weighted by molar-refractivity contribution is 6.00. The SMILES string of the molecule is CC(C)(C)OC(=O)N1CCC[C@@]1(CO)C(=O)Nc1cc(F)c2c(c1)CC(CN1CCC3(CC1)CN(c1cnc4c(n1)NC(=O)CO4)C(=O)O3)C2. The summed E-state index contributed by atoms with van der Waals surface area (Å²) in [6.45, 7) is 7.16. The van der Waals surface area contributed by atoms with Crippen LogP contribution in [0.5, 0.6) is 5.88 Å². The molecule has 2 aromatic rings. The number of ether oxygens (including phenoxy) is 3. The first-order chi connectivity index (χ1) is 23.8. The Morgan fingerprint density at radius 1 is 1.16 bits per heavy atom. The lowest BCUT2D eigenvalue weighted by Gasteiger charge is -2.38. The lowest BCUT2D eigenvalue weighted by molar-refractivity contribution is -0.128.